The SMILES string of the molecule is CCC1CCCN(C(C)(C)CNC(=O)[C@@H](N)C(C)C)C1.Cl. The first-order chi connectivity index (χ1) is 9.27. The fourth-order valence-electron chi connectivity index (χ4n) is 2.78. The third-order valence-corrected chi connectivity index (χ3v) is 4.67. The Bertz CT molecular complexity index is 321. The molecule has 5 heteroatoms. The zero-order valence-corrected chi connectivity index (χ0v) is 15.1. The highest BCUT2D eigenvalue weighted by Gasteiger charge is 2.31. The number of piperidine rings is 1. The number of halogens is 1. The molecular formula is C16H34ClN3O. The Morgan fingerprint density at radius 3 is 2.57 bits per heavy atom. The third-order valence-electron chi connectivity index (χ3n) is 4.67. The van der Waals surface area contributed by atoms with Gasteiger partial charge in [0.15, 0.2) is 0 Å². The molecule has 0 bridgehead atoms. The molecule has 0 radical (unpaired) electrons. The molecule has 2 atom stereocenters. The highest BCUT2D eigenvalue weighted by atomic mass is 35.5. The van der Waals surface area contributed by atoms with E-state index in [2.05, 4.69) is 31.0 Å². The minimum absolute atomic E-state index is 0. The van der Waals surface area contributed by atoms with Gasteiger partial charge in [0.05, 0.1) is 6.04 Å². The molecule has 0 aromatic rings. The summed E-state index contributed by atoms with van der Waals surface area (Å²) < 4.78 is 0. The van der Waals surface area contributed by atoms with Crippen LogP contribution in [-0.2, 0) is 4.79 Å². The first-order valence-corrected chi connectivity index (χ1v) is 8.06. The van der Waals surface area contributed by atoms with E-state index in [4.69, 9.17) is 5.73 Å². The highest BCUT2D eigenvalue weighted by molar-refractivity contribution is 5.85. The Morgan fingerprint density at radius 1 is 1.43 bits per heavy atom. The average molecular weight is 320 g/mol. The lowest BCUT2D eigenvalue weighted by atomic mass is 9.91. The maximum atomic E-state index is 12.0. The van der Waals surface area contributed by atoms with Crippen LogP contribution < -0.4 is 11.1 Å². The number of rotatable bonds is 6. The maximum absolute atomic E-state index is 12.0. The van der Waals surface area contributed by atoms with Crippen LogP contribution in [0, 0.1) is 11.8 Å². The second-order valence-electron chi connectivity index (χ2n) is 7.16. The molecule has 0 saturated carbocycles. The van der Waals surface area contributed by atoms with Crippen molar-refractivity contribution in [2.75, 3.05) is 19.6 Å². The molecule has 1 fully saturated rings. The van der Waals surface area contributed by atoms with Crippen LogP contribution in [-0.4, -0.2) is 42.0 Å². The van der Waals surface area contributed by atoms with Gasteiger partial charge in [0.2, 0.25) is 5.91 Å². The van der Waals surface area contributed by atoms with E-state index in [0.717, 1.165) is 19.0 Å². The van der Waals surface area contributed by atoms with Crippen LogP contribution in [0.1, 0.15) is 53.9 Å². The summed E-state index contributed by atoms with van der Waals surface area (Å²) in [6.07, 6.45) is 3.85. The van der Waals surface area contributed by atoms with Crippen molar-refractivity contribution < 1.29 is 4.79 Å². The van der Waals surface area contributed by atoms with E-state index < -0.39 is 6.04 Å². The zero-order valence-electron chi connectivity index (χ0n) is 14.3. The number of nitrogens with zero attached hydrogens (tertiary/aromatic N) is 1. The number of hydrogen-bond acceptors (Lipinski definition) is 3. The lowest BCUT2D eigenvalue weighted by Crippen LogP contribution is -2.56. The normalized spacial score (nSPS) is 21.8. The summed E-state index contributed by atoms with van der Waals surface area (Å²) in [5.41, 5.74) is 5.89. The van der Waals surface area contributed by atoms with Gasteiger partial charge in [0, 0.05) is 18.6 Å². The molecule has 1 amide bonds. The predicted octanol–water partition coefficient (Wildman–Crippen LogP) is 2.41. The lowest BCUT2D eigenvalue weighted by molar-refractivity contribution is -0.123. The van der Waals surface area contributed by atoms with Gasteiger partial charge in [-0.25, -0.2) is 0 Å². The summed E-state index contributed by atoms with van der Waals surface area (Å²) in [5, 5.41) is 3.03. The minimum Gasteiger partial charge on any atom is -0.353 e. The maximum Gasteiger partial charge on any atom is 0.237 e. The van der Waals surface area contributed by atoms with E-state index in [0.29, 0.717) is 6.54 Å². The van der Waals surface area contributed by atoms with Gasteiger partial charge in [0.25, 0.3) is 0 Å². The number of likely N-dealkylation sites (tertiary alicyclic amines) is 1. The number of nitrogens with one attached hydrogen (secondary N) is 1. The molecule has 1 rings (SSSR count). The van der Waals surface area contributed by atoms with Gasteiger partial charge in [-0.15, -0.1) is 12.4 Å². The van der Waals surface area contributed by atoms with Crippen molar-refractivity contribution >= 4 is 18.3 Å². The molecule has 0 spiro atoms. The van der Waals surface area contributed by atoms with Crippen LogP contribution >= 0.6 is 12.4 Å². The van der Waals surface area contributed by atoms with Gasteiger partial charge >= 0.3 is 0 Å². The minimum atomic E-state index is -0.407. The zero-order chi connectivity index (χ0) is 15.3. The molecule has 126 valence electrons. The highest BCUT2D eigenvalue weighted by Crippen LogP contribution is 2.25. The molecular weight excluding hydrogens is 286 g/mol. The van der Waals surface area contributed by atoms with Crippen molar-refractivity contribution in [3.63, 3.8) is 0 Å². The monoisotopic (exact) mass is 319 g/mol. The number of nitrogens with two attached hydrogens (primary N) is 1. The van der Waals surface area contributed by atoms with Crippen molar-refractivity contribution in [3.05, 3.63) is 0 Å². The van der Waals surface area contributed by atoms with Gasteiger partial charge in [-0.1, -0.05) is 27.2 Å². The average Bonchev–Trinajstić information content (AvgIpc) is 2.43. The number of carbonyl (C=O) groups excluding carboxylic acids is 1. The Labute approximate surface area is 136 Å². The molecule has 1 aliphatic heterocycles. The van der Waals surface area contributed by atoms with Gasteiger partial charge in [0.1, 0.15) is 0 Å². The Hall–Kier alpha value is -0.320. The Balaban J connectivity index is 0.00000400. The van der Waals surface area contributed by atoms with Crippen LogP contribution in [0.5, 0.6) is 0 Å². The van der Waals surface area contributed by atoms with Crippen molar-refractivity contribution in [1.29, 1.82) is 0 Å². The molecule has 1 saturated heterocycles. The number of hydrogen-bond donors (Lipinski definition) is 2. The van der Waals surface area contributed by atoms with Gasteiger partial charge in [-0.05, 0) is 45.1 Å². The summed E-state index contributed by atoms with van der Waals surface area (Å²) in [6.45, 7) is 13.6. The summed E-state index contributed by atoms with van der Waals surface area (Å²) in [6, 6.07) is -0.407. The molecule has 3 N–H and O–H groups in total. The van der Waals surface area contributed by atoms with Crippen molar-refractivity contribution in [3.8, 4) is 0 Å². The second-order valence-corrected chi connectivity index (χ2v) is 7.16. The van der Waals surface area contributed by atoms with Crippen LogP contribution in [0.2, 0.25) is 0 Å². The van der Waals surface area contributed by atoms with E-state index in [-0.39, 0.29) is 29.8 Å². The fraction of sp³-hybridized carbons (Fsp3) is 0.938. The van der Waals surface area contributed by atoms with Gasteiger partial charge < -0.3 is 11.1 Å². The van der Waals surface area contributed by atoms with Crippen LogP contribution in [0.15, 0.2) is 0 Å². The Kier molecular flexibility index (Phi) is 8.83. The predicted molar refractivity (Wildman–Crippen MR) is 91.7 cm³/mol. The van der Waals surface area contributed by atoms with Crippen LogP contribution in [0.3, 0.4) is 0 Å². The number of amides is 1. The fourth-order valence-corrected chi connectivity index (χ4v) is 2.78. The molecule has 1 heterocycles. The summed E-state index contributed by atoms with van der Waals surface area (Å²) in [5.74, 6) is 0.950. The molecule has 4 nitrogen and oxygen atoms in total. The van der Waals surface area contributed by atoms with E-state index in [1.54, 1.807) is 0 Å². The Morgan fingerprint density at radius 2 is 2.05 bits per heavy atom. The van der Waals surface area contributed by atoms with Gasteiger partial charge in [-0.2, -0.15) is 0 Å². The largest absolute Gasteiger partial charge is 0.353 e. The van der Waals surface area contributed by atoms with Crippen molar-refractivity contribution in [2.24, 2.45) is 17.6 Å². The van der Waals surface area contributed by atoms with E-state index in [9.17, 15) is 4.79 Å². The topological polar surface area (TPSA) is 58.4 Å². The molecule has 1 aliphatic rings. The lowest BCUT2D eigenvalue weighted by Gasteiger charge is -2.43. The first-order valence-electron chi connectivity index (χ1n) is 8.06. The summed E-state index contributed by atoms with van der Waals surface area (Å²) >= 11 is 0. The molecule has 0 aromatic heterocycles. The van der Waals surface area contributed by atoms with E-state index >= 15 is 0 Å². The first kappa shape index (κ1) is 20.7. The van der Waals surface area contributed by atoms with Crippen LogP contribution in [0.4, 0.5) is 0 Å². The van der Waals surface area contributed by atoms with E-state index in [1.807, 2.05) is 13.8 Å². The number of carbonyl (C=O) groups is 1. The van der Waals surface area contributed by atoms with E-state index in [1.165, 1.54) is 19.3 Å². The standard InChI is InChI=1S/C16H33N3O.ClH/c1-6-13-8-7-9-19(10-13)16(4,5)11-18-15(20)14(17)12(2)3;/h12-14H,6-11,17H2,1-5H3,(H,18,20);1H/t13?,14-;/m0./s1. The van der Waals surface area contributed by atoms with Crippen LogP contribution in [0.25, 0.3) is 0 Å². The summed E-state index contributed by atoms with van der Waals surface area (Å²) in [7, 11) is 0. The quantitative estimate of drug-likeness (QED) is 0.790. The molecule has 21 heavy (non-hydrogen) atoms. The molecule has 1 unspecified atom stereocenters. The van der Waals surface area contributed by atoms with Gasteiger partial charge in [-0.3, -0.25) is 9.69 Å². The summed E-state index contributed by atoms with van der Waals surface area (Å²) in [4.78, 5) is 14.5. The van der Waals surface area contributed by atoms with Crippen molar-refractivity contribution in [2.45, 2.75) is 65.5 Å². The molecule has 0 aliphatic carbocycles. The second kappa shape index (κ2) is 8.96. The van der Waals surface area contributed by atoms with Crippen molar-refractivity contribution in [1.82, 2.24) is 10.2 Å². The molecule has 0 aromatic carbocycles. The smallest absolute Gasteiger partial charge is 0.237 e. The third kappa shape index (κ3) is 6.13.